The highest BCUT2D eigenvalue weighted by atomic mass is 35.5. The summed E-state index contributed by atoms with van der Waals surface area (Å²) in [6.07, 6.45) is 4.00. The summed E-state index contributed by atoms with van der Waals surface area (Å²) in [4.78, 5) is 14.0. The summed E-state index contributed by atoms with van der Waals surface area (Å²) in [6.45, 7) is 2.02. The zero-order valence-corrected chi connectivity index (χ0v) is 14.5. The number of halogens is 3. The number of morpholine rings is 1. The Bertz CT molecular complexity index is 531. The first-order valence-corrected chi connectivity index (χ1v) is 8.16. The van der Waals surface area contributed by atoms with Gasteiger partial charge < -0.3 is 15.4 Å². The van der Waals surface area contributed by atoms with Crippen LogP contribution in [0.25, 0.3) is 0 Å². The molecule has 0 radical (unpaired) electrons. The smallest absolute Gasteiger partial charge is 0.222 e. The molecular weight excluding hydrogens is 338 g/mol. The van der Waals surface area contributed by atoms with E-state index in [0.717, 1.165) is 37.8 Å². The predicted molar refractivity (Wildman–Crippen MR) is 91.0 cm³/mol. The minimum atomic E-state index is -0.894. The SMILES string of the molecule is Cl.NCCCCCCC(=O)N1CCOC(c2ccc(F)c(F)c2)C1. The lowest BCUT2D eigenvalue weighted by Gasteiger charge is -2.33. The molecule has 1 aliphatic heterocycles. The molecule has 1 amide bonds. The fourth-order valence-corrected chi connectivity index (χ4v) is 2.72. The molecule has 2 N–H and O–H groups in total. The van der Waals surface area contributed by atoms with E-state index < -0.39 is 17.7 Å². The van der Waals surface area contributed by atoms with Gasteiger partial charge in [0.05, 0.1) is 13.2 Å². The number of amides is 1. The van der Waals surface area contributed by atoms with E-state index in [0.29, 0.717) is 38.2 Å². The number of benzene rings is 1. The third kappa shape index (κ3) is 6.00. The molecule has 1 aromatic rings. The Labute approximate surface area is 147 Å². The number of hydrogen-bond donors (Lipinski definition) is 1. The van der Waals surface area contributed by atoms with Crippen molar-refractivity contribution in [2.75, 3.05) is 26.2 Å². The average Bonchev–Trinajstić information content (AvgIpc) is 2.57. The molecule has 0 aliphatic carbocycles. The van der Waals surface area contributed by atoms with E-state index in [1.165, 1.54) is 6.07 Å². The van der Waals surface area contributed by atoms with Crippen molar-refractivity contribution in [1.82, 2.24) is 4.90 Å². The zero-order chi connectivity index (χ0) is 16.7. The van der Waals surface area contributed by atoms with Gasteiger partial charge in [0, 0.05) is 13.0 Å². The third-order valence-electron chi connectivity index (χ3n) is 4.08. The van der Waals surface area contributed by atoms with Crippen molar-refractivity contribution >= 4 is 18.3 Å². The van der Waals surface area contributed by atoms with Crippen LogP contribution in [0.15, 0.2) is 18.2 Å². The second-order valence-electron chi connectivity index (χ2n) is 5.83. The van der Waals surface area contributed by atoms with Crippen molar-refractivity contribution in [1.29, 1.82) is 0 Å². The van der Waals surface area contributed by atoms with E-state index in [1.54, 1.807) is 4.90 Å². The Morgan fingerprint density at radius 1 is 1.21 bits per heavy atom. The fourth-order valence-electron chi connectivity index (χ4n) is 2.72. The number of carbonyl (C=O) groups is 1. The molecule has 1 atom stereocenters. The second-order valence-corrected chi connectivity index (χ2v) is 5.83. The van der Waals surface area contributed by atoms with Crippen LogP contribution in [-0.2, 0) is 9.53 Å². The van der Waals surface area contributed by atoms with Crippen LogP contribution >= 0.6 is 12.4 Å². The molecular formula is C17H25ClF2N2O2. The Balaban J connectivity index is 0.00000288. The van der Waals surface area contributed by atoms with Crippen LogP contribution in [0.3, 0.4) is 0 Å². The summed E-state index contributed by atoms with van der Waals surface area (Å²) in [6, 6.07) is 3.73. The van der Waals surface area contributed by atoms with Crippen LogP contribution in [0.2, 0.25) is 0 Å². The summed E-state index contributed by atoms with van der Waals surface area (Å²) in [5, 5.41) is 0. The molecule has 1 aromatic carbocycles. The van der Waals surface area contributed by atoms with Crippen LogP contribution in [-0.4, -0.2) is 37.0 Å². The lowest BCUT2D eigenvalue weighted by atomic mass is 10.1. The summed E-state index contributed by atoms with van der Waals surface area (Å²) < 4.78 is 31.9. The fraction of sp³-hybridized carbons (Fsp3) is 0.588. The van der Waals surface area contributed by atoms with Gasteiger partial charge in [0.1, 0.15) is 6.10 Å². The Kier molecular flexibility index (Phi) is 9.18. The largest absolute Gasteiger partial charge is 0.370 e. The van der Waals surface area contributed by atoms with E-state index in [-0.39, 0.29) is 18.3 Å². The highest BCUT2D eigenvalue weighted by Gasteiger charge is 2.25. The van der Waals surface area contributed by atoms with Crippen molar-refractivity contribution in [2.45, 2.75) is 38.2 Å². The minimum Gasteiger partial charge on any atom is -0.370 e. The van der Waals surface area contributed by atoms with Gasteiger partial charge in [-0.3, -0.25) is 4.79 Å². The van der Waals surface area contributed by atoms with Gasteiger partial charge in [-0.1, -0.05) is 18.9 Å². The Morgan fingerprint density at radius 3 is 2.67 bits per heavy atom. The highest BCUT2D eigenvalue weighted by Crippen LogP contribution is 2.24. The van der Waals surface area contributed by atoms with Gasteiger partial charge in [-0.2, -0.15) is 0 Å². The molecule has 2 rings (SSSR count). The highest BCUT2D eigenvalue weighted by molar-refractivity contribution is 5.85. The molecule has 24 heavy (non-hydrogen) atoms. The van der Waals surface area contributed by atoms with Crippen LogP contribution in [0.5, 0.6) is 0 Å². The van der Waals surface area contributed by atoms with E-state index >= 15 is 0 Å². The van der Waals surface area contributed by atoms with Gasteiger partial charge in [-0.15, -0.1) is 12.4 Å². The van der Waals surface area contributed by atoms with Crippen LogP contribution < -0.4 is 5.73 Å². The van der Waals surface area contributed by atoms with Gasteiger partial charge in [0.15, 0.2) is 11.6 Å². The molecule has 7 heteroatoms. The van der Waals surface area contributed by atoms with Gasteiger partial charge in [-0.25, -0.2) is 8.78 Å². The van der Waals surface area contributed by atoms with Crippen LogP contribution in [0.1, 0.15) is 43.8 Å². The number of unbranched alkanes of at least 4 members (excludes halogenated alkanes) is 3. The standard InChI is InChI=1S/C17H24F2N2O2.ClH/c18-14-7-6-13(11-15(14)19)16-12-21(9-10-23-16)17(22)5-3-1-2-4-8-20;/h6-7,11,16H,1-5,8-10,12,20H2;1H. The number of hydrogen-bond acceptors (Lipinski definition) is 3. The molecule has 0 saturated carbocycles. The van der Waals surface area contributed by atoms with Gasteiger partial charge in [0.25, 0.3) is 0 Å². The molecule has 136 valence electrons. The normalized spacial score (nSPS) is 17.5. The molecule has 1 aliphatic rings. The van der Waals surface area contributed by atoms with Crippen molar-refractivity contribution in [2.24, 2.45) is 5.73 Å². The maximum absolute atomic E-state index is 13.3. The topological polar surface area (TPSA) is 55.6 Å². The lowest BCUT2D eigenvalue weighted by Crippen LogP contribution is -2.42. The predicted octanol–water partition coefficient (Wildman–Crippen LogP) is 3.20. The lowest BCUT2D eigenvalue weighted by molar-refractivity contribution is -0.139. The molecule has 1 heterocycles. The van der Waals surface area contributed by atoms with Gasteiger partial charge in [-0.05, 0) is 37.1 Å². The summed E-state index contributed by atoms with van der Waals surface area (Å²) in [7, 11) is 0. The molecule has 1 unspecified atom stereocenters. The summed E-state index contributed by atoms with van der Waals surface area (Å²) in [5.74, 6) is -1.68. The molecule has 0 bridgehead atoms. The maximum Gasteiger partial charge on any atom is 0.222 e. The zero-order valence-electron chi connectivity index (χ0n) is 13.7. The summed E-state index contributed by atoms with van der Waals surface area (Å²) >= 11 is 0. The van der Waals surface area contributed by atoms with Crippen molar-refractivity contribution in [3.05, 3.63) is 35.4 Å². The summed E-state index contributed by atoms with van der Waals surface area (Å²) in [5.41, 5.74) is 6.00. The molecule has 1 saturated heterocycles. The second kappa shape index (κ2) is 10.6. The van der Waals surface area contributed by atoms with Crippen LogP contribution in [0, 0.1) is 11.6 Å². The Hall–Kier alpha value is -1.24. The van der Waals surface area contributed by atoms with E-state index in [9.17, 15) is 13.6 Å². The minimum absolute atomic E-state index is 0. The van der Waals surface area contributed by atoms with E-state index in [2.05, 4.69) is 0 Å². The van der Waals surface area contributed by atoms with Crippen molar-refractivity contribution in [3.63, 3.8) is 0 Å². The molecule has 0 aromatic heterocycles. The van der Waals surface area contributed by atoms with E-state index in [1.807, 2.05) is 0 Å². The maximum atomic E-state index is 13.3. The molecule has 0 spiro atoms. The average molecular weight is 363 g/mol. The first kappa shape index (κ1) is 20.8. The third-order valence-corrected chi connectivity index (χ3v) is 4.08. The number of rotatable bonds is 7. The van der Waals surface area contributed by atoms with Crippen LogP contribution in [0.4, 0.5) is 8.78 Å². The van der Waals surface area contributed by atoms with Crippen molar-refractivity contribution < 1.29 is 18.3 Å². The quantitative estimate of drug-likeness (QED) is 0.758. The van der Waals surface area contributed by atoms with Gasteiger partial charge in [0.2, 0.25) is 5.91 Å². The number of ether oxygens (including phenoxy) is 1. The number of carbonyl (C=O) groups excluding carboxylic acids is 1. The monoisotopic (exact) mass is 362 g/mol. The Morgan fingerprint density at radius 2 is 1.96 bits per heavy atom. The first-order valence-electron chi connectivity index (χ1n) is 8.16. The van der Waals surface area contributed by atoms with Crippen molar-refractivity contribution in [3.8, 4) is 0 Å². The van der Waals surface area contributed by atoms with Gasteiger partial charge >= 0.3 is 0 Å². The number of nitrogens with zero attached hydrogens (tertiary/aromatic N) is 1. The first-order chi connectivity index (χ1) is 11.1. The van der Waals surface area contributed by atoms with E-state index in [4.69, 9.17) is 10.5 Å². The molecule has 4 nitrogen and oxygen atoms in total. The number of nitrogens with two attached hydrogens (primary N) is 1. The molecule has 1 fully saturated rings.